The van der Waals surface area contributed by atoms with Crippen molar-refractivity contribution in [3.63, 3.8) is 0 Å². The van der Waals surface area contributed by atoms with E-state index in [-0.39, 0.29) is 5.54 Å². The maximum Gasteiger partial charge on any atom is 0.214 e. The normalized spacial score (nSPS) is 14.2. The fourth-order valence-electron chi connectivity index (χ4n) is 1.44. The second-order valence-electron chi connectivity index (χ2n) is 4.04. The lowest BCUT2D eigenvalue weighted by atomic mass is 9.95. The van der Waals surface area contributed by atoms with Crippen LogP contribution in [0.1, 0.15) is 26.7 Å². The summed E-state index contributed by atoms with van der Waals surface area (Å²) in [6, 6.07) is 5.69. The Kier molecular flexibility index (Phi) is 4.87. The minimum Gasteiger partial charge on any atom is -0.481 e. The fourth-order valence-corrected chi connectivity index (χ4v) is 1.86. The highest BCUT2D eigenvalue weighted by molar-refractivity contribution is 6.17. The van der Waals surface area contributed by atoms with Gasteiger partial charge in [-0.15, -0.1) is 11.6 Å². The monoisotopic (exact) mass is 242 g/mol. The molecule has 0 aliphatic rings. The molecule has 90 valence electrons. The highest BCUT2D eigenvalue weighted by atomic mass is 35.5. The highest BCUT2D eigenvalue weighted by Crippen LogP contribution is 2.22. The van der Waals surface area contributed by atoms with Crippen LogP contribution in [-0.4, -0.2) is 23.5 Å². The Balaban J connectivity index is 2.77. The smallest absolute Gasteiger partial charge is 0.214 e. The summed E-state index contributed by atoms with van der Waals surface area (Å²) in [4.78, 5) is 4.33. The van der Waals surface area contributed by atoms with Gasteiger partial charge in [-0.1, -0.05) is 13.0 Å². The number of alkyl halides is 1. The zero-order chi connectivity index (χ0) is 12.0. The van der Waals surface area contributed by atoms with E-state index >= 15 is 0 Å². The van der Waals surface area contributed by atoms with Crippen LogP contribution in [0, 0.1) is 0 Å². The predicted molar refractivity (Wildman–Crippen MR) is 68.4 cm³/mol. The van der Waals surface area contributed by atoms with E-state index in [9.17, 15) is 0 Å². The van der Waals surface area contributed by atoms with E-state index in [0.29, 0.717) is 11.8 Å². The zero-order valence-electron chi connectivity index (χ0n) is 10.1. The van der Waals surface area contributed by atoms with Crippen LogP contribution < -0.4 is 10.1 Å². The lowest BCUT2D eigenvalue weighted by molar-refractivity contribution is 0.397. The Labute approximate surface area is 102 Å². The maximum absolute atomic E-state index is 5.80. The van der Waals surface area contributed by atoms with Crippen LogP contribution in [0.15, 0.2) is 18.2 Å². The van der Waals surface area contributed by atoms with Crippen molar-refractivity contribution in [1.29, 1.82) is 0 Å². The summed E-state index contributed by atoms with van der Waals surface area (Å²) < 4.78 is 5.09. The molecule has 1 unspecified atom stereocenters. The highest BCUT2D eigenvalue weighted by Gasteiger charge is 2.21. The molecule has 0 bridgehead atoms. The van der Waals surface area contributed by atoms with Crippen LogP contribution in [0.2, 0.25) is 0 Å². The number of aromatic nitrogens is 1. The second-order valence-corrected chi connectivity index (χ2v) is 4.42. The Bertz CT molecular complexity index is 333. The van der Waals surface area contributed by atoms with Crippen LogP contribution in [0.3, 0.4) is 0 Å². The number of methoxy groups -OCH3 is 1. The number of hydrogen-bond donors (Lipinski definition) is 1. The van der Waals surface area contributed by atoms with Gasteiger partial charge in [0, 0.05) is 17.5 Å². The predicted octanol–water partition coefficient (Wildman–Crippen LogP) is 3.30. The molecule has 1 N–H and O–H groups in total. The van der Waals surface area contributed by atoms with Gasteiger partial charge in [0.2, 0.25) is 5.88 Å². The van der Waals surface area contributed by atoms with Crippen LogP contribution >= 0.6 is 11.6 Å². The number of anilines is 1. The van der Waals surface area contributed by atoms with Gasteiger partial charge in [0.15, 0.2) is 0 Å². The third-order valence-corrected chi connectivity index (χ3v) is 2.98. The van der Waals surface area contributed by atoms with Gasteiger partial charge in [-0.3, -0.25) is 0 Å². The summed E-state index contributed by atoms with van der Waals surface area (Å²) >= 11 is 5.80. The molecule has 1 aromatic heterocycles. The maximum atomic E-state index is 5.80. The molecule has 0 aliphatic heterocycles. The standard InChI is InChI=1S/C12H19ClN2O/c1-4-12(2,8-9-13)15-10-6-5-7-11(14-10)16-3/h5-7H,4,8-9H2,1-3H3,(H,14,15). The molecule has 0 saturated heterocycles. The molecule has 1 rings (SSSR count). The molecule has 0 aromatic carbocycles. The van der Waals surface area contributed by atoms with Crippen molar-refractivity contribution in [2.75, 3.05) is 18.3 Å². The Morgan fingerprint density at radius 2 is 2.25 bits per heavy atom. The molecule has 0 saturated carbocycles. The van der Waals surface area contributed by atoms with Gasteiger partial charge in [0.1, 0.15) is 5.82 Å². The van der Waals surface area contributed by atoms with E-state index < -0.39 is 0 Å². The molecular weight excluding hydrogens is 224 g/mol. The van der Waals surface area contributed by atoms with Gasteiger partial charge in [0.25, 0.3) is 0 Å². The van der Waals surface area contributed by atoms with Crippen LogP contribution in [0.25, 0.3) is 0 Å². The SMILES string of the molecule is CCC(C)(CCCl)Nc1cccc(OC)n1. The quantitative estimate of drug-likeness (QED) is 0.778. The molecule has 16 heavy (non-hydrogen) atoms. The number of ether oxygens (including phenoxy) is 1. The van der Waals surface area contributed by atoms with Crippen LogP contribution in [-0.2, 0) is 0 Å². The Hall–Kier alpha value is -0.960. The number of pyridine rings is 1. The average molecular weight is 243 g/mol. The van der Waals surface area contributed by atoms with Crippen LogP contribution in [0.4, 0.5) is 5.82 Å². The first-order chi connectivity index (χ1) is 7.63. The molecule has 4 heteroatoms. The average Bonchev–Trinajstić information content (AvgIpc) is 2.29. The largest absolute Gasteiger partial charge is 0.481 e. The number of hydrogen-bond acceptors (Lipinski definition) is 3. The van der Waals surface area contributed by atoms with E-state index in [0.717, 1.165) is 18.7 Å². The number of halogens is 1. The lowest BCUT2D eigenvalue weighted by Crippen LogP contribution is -2.34. The summed E-state index contributed by atoms with van der Waals surface area (Å²) in [7, 11) is 1.61. The van der Waals surface area contributed by atoms with Crippen molar-refractivity contribution < 1.29 is 4.74 Å². The van der Waals surface area contributed by atoms with Crippen molar-refractivity contribution >= 4 is 17.4 Å². The Morgan fingerprint density at radius 1 is 1.50 bits per heavy atom. The zero-order valence-corrected chi connectivity index (χ0v) is 10.8. The van der Waals surface area contributed by atoms with Gasteiger partial charge in [-0.2, -0.15) is 4.98 Å². The van der Waals surface area contributed by atoms with Gasteiger partial charge in [-0.05, 0) is 25.8 Å². The summed E-state index contributed by atoms with van der Waals surface area (Å²) in [5.74, 6) is 2.09. The third-order valence-electron chi connectivity index (χ3n) is 2.79. The first kappa shape index (κ1) is 13.1. The van der Waals surface area contributed by atoms with E-state index in [1.165, 1.54) is 0 Å². The molecule has 0 amide bonds. The summed E-state index contributed by atoms with van der Waals surface area (Å²) in [5.41, 5.74) is -0.0128. The van der Waals surface area contributed by atoms with Crippen LogP contribution in [0.5, 0.6) is 5.88 Å². The molecule has 1 aromatic rings. The van der Waals surface area contributed by atoms with Gasteiger partial charge in [0.05, 0.1) is 7.11 Å². The molecule has 3 nitrogen and oxygen atoms in total. The molecule has 0 aliphatic carbocycles. The summed E-state index contributed by atoms with van der Waals surface area (Å²) in [5, 5.41) is 3.41. The minimum absolute atomic E-state index is 0.0128. The molecule has 1 atom stereocenters. The fraction of sp³-hybridized carbons (Fsp3) is 0.583. The van der Waals surface area contributed by atoms with E-state index in [4.69, 9.17) is 16.3 Å². The van der Waals surface area contributed by atoms with Crippen molar-refractivity contribution in [3.05, 3.63) is 18.2 Å². The molecular formula is C12H19ClN2O. The molecule has 0 radical (unpaired) electrons. The molecule has 0 spiro atoms. The first-order valence-corrected chi connectivity index (χ1v) is 6.02. The van der Waals surface area contributed by atoms with E-state index in [2.05, 4.69) is 24.1 Å². The number of nitrogens with zero attached hydrogens (tertiary/aromatic N) is 1. The third kappa shape index (κ3) is 3.56. The van der Waals surface area contributed by atoms with Crippen molar-refractivity contribution in [2.24, 2.45) is 0 Å². The lowest BCUT2D eigenvalue weighted by Gasteiger charge is -2.29. The van der Waals surface area contributed by atoms with E-state index in [1.807, 2.05) is 18.2 Å². The number of nitrogens with one attached hydrogen (secondary N) is 1. The topological polar surface area (TPSA) is 34.1 Å². The summed E-state index contributed by atoms with van der Waals surface area (Å²) in [6.07, 6.45) is 1.91. The van der Waals surface area contributed by atoms with Gasteiger partial charge >= 0.3 is 0 Å². The minimum atomic E-state index is -0.0128. The molecule has 1 heterocycles. The van der Waals surface area contributed by atoms with Crippen molar-refractivity contribution in [3.8, 4) is 5.88 Å². The summed E-state index contributed by atoms with van der Waals surface area (Å²) in [6.45, 7) is 4.29. The Morgan fingerprint density at radius 3 is 2.81 bits per heavy atom. The van der Waals surface area contributed by atoms with Gasteiger partial charge < -0.3 is 10.1 Å². The first-order valence-electron chi connectivity index (χ1n) is 5.49. The van der Waals surface area contributed by atoms with Crippen molar-refractivity contribution in [2.45, 2.75) is 32.2 Å². The number of rotatable bonds is 6. The second kappa shape index (κ2) is 5.94. The van der Waals surface area contributed by atoms with E-state index in [1.54, 1.807) is 7.11 Å². The van der Waals surface area contributed by atoms with Crippen molar-refractivity contribution in [1.82, 2.24) is 4.98 Å². The molecule has 0 fully saturated rings. The van der Waals surface area contributed by atoms with Gasteiger partial charge in [-0.25, -0.2) is 0 Å².